The zero-order chi connectivity index (χ0) is 51.4. The number of anilines is 6. The fourth-order valence-electron chi connectivity index (χ4n) is 14.8. The first-order valence-corrected chi connectivity index (χ1v) is 27.3. The Hall–Kier alpha value is -9.24. The molecule has 0 unspecified atom stereocenters. The maximum absolute atomic E-state index is 2.60. The average Bonchev–Trinajstić information content (AvgIpc) is 3.62. The minimum atomic E-state index is -0.677. The molecule has 4 aliphatic carbocycles. The van der Waals surface area contributed by atoms with Gasteiger partial charge in [0, 0.05) is 44.4 Å². The van der Waals surface area contributed by atoms with Crippen LogP contribution in [0.1, 0.15) is 72.2 Å². The Morgan fingerprint density at radius 2 is 0.545 bits per heavy atom. The molecule has 0 N–H and O–H groups in total. The van der Waals surface area contributed by atoms with Crippen LogP contribution in [0.4, 0.5) is 34.1 Å². The van der Waals surface area contributed by atoms with Crippen LogP contribution >= 0.6 is 0 Å². The van der Waals surface area contributed by atoms with E-state index in [2.05, 4.69) is 292 Å². The Kier molecular flexibility index (Phi) is 9.10. The van der Waals surface area contributed by atoms with Gasteiger partial charge in [0.2, 0.25) is 0 Å². The van der Waals surface area contributed by atoms with E-state index in [1.54, 1.807) is 0 Å². The van der Waals surface area contributed by atoms with E-state index in [-0.39, 0.29) is 10.8 Å². The normalized spacial score (nSPS) is 14.8. The highest BCUT2D eigenvalue weighted by molar-refractivity contribution is 6.19. The summed E-state index contributed by atoms with van der Waals surface area (Å²) < 4.78 is 0. The topological polar surface area (TPSA) is 6.48 Å². The van der Waals surface area contributed by atoms with Gasteiger partial charge in [0.15, 0.2) is 0 Å². The molecular formula is C75H54N2. The van der Waals surface area contributed by atoms with Gasteiger partial charge in [-0.1, -0.05) is 222 Å². The lowest BCUT2D eigenvalue weighted by atomic mass is 9.70. The summed E-state index contributed by atoms with van der Waals surface area (Å²) >= 11 is 0. The molecule has 0 saturated heterocycles. The third kappa shape index (κ3) is 5.85. The van der Waals surface area contributed by atoms with Crippen LogP contribution in [0, 0.1) is 0 Å². The Balaban J connectivity index is 1.01. The highest BCUT2D eigenvalue weighted by Gasteiger charge is 2.53. The van der Waals surface area contributed by atoms with Crippen LogP contribution in [0.5, 0.6) is 0 Å². The molecule has 0 atom stereocenters. The van der Waals surface area contributed by atoms with Crippen molar-refractivity contribution in [3.05, 3.63) is 299 Å². The molecule has 12 aromatic rings. The van der Waals surface area contributed by atoms with Gasteiger partial charge in [-0.15, -0.1) is 0 Å². The molecule has 2 heteroatoms. The van der Waals surface area contributed by atoms with Gasteiger partial charge in [-0.3, -0.25) is 0 Å². The molecule has 0 amide bonds. The summed E-state index contributed by atoms with van der Waals surface area (Å²) in [4.78, 5) is 5.08. The zero-order valence-electron chi connectivity index (χ0n) is 43.6. The Morgan fingerprint density at radius 1 is 0.234 bits per heavy atom. The molecule has 4 aliphatic rings. The number of fused-ring (bicyclic) bond motifs is 20. The highest BCUT2D eigenvalue weighted by atomic mass is 15.2. The summed E-state index contributed by atoms with van der Waals surface area (Å²) in [5, 5.41) is 4.91. The van der Waals surface area contributed by atoms with E-state index in [0.29, 0.717) is 0 Å². The van der Waals surface area contributed by atoms with Crippen molar-refractivity contribution in [3.8, 4) is 44.5 Å². The van der Waals surface area contributed by atoms with E-state index in [1.807, 2.05) is 0 Å². The molecule has 16 rings (SSSR count). The van der Waals surface area contributed by atoms with E-state index in [9.17, 15) is 0 Å². The Labute approximate surface area is 450 Å². The number of hydrogen-bond donors (Lipinski definition) is 0. The van der Waals surface area contributed by atoms with Gasteiger partial charge in [0.05, 0.1) is 16.8 Å². The molecule has 0 bridgehead atoms. The second kappa shape index (κ2) is 15.9. The third-order valence-electron chi connectivity index (χ3n) is 18.2. The Morgan fingerprint density at radius 3 is 0.948 bits per heavy atom. The van der Waals surface area contributed by atoms with Crippen molar-refractivity contribution in [3.63, 3.8) is 0 Å². The van der Waals surface area contributed by atoms with Gasteiger partial charge in [0.25, 0.3) is 0 Å². The summed E-state index contributed by atoms with van der Waals surface area (Å²) in [6.45, 7) is 9.54. The van der Waals surface area contributed by atoms with Gasteiger partial charge < -0.3 is 9.80 Å². The van der Waals surface area contributed by atoms with Crippen LogP contribution < -0.4 is 9.80 Å². The molecule has 2 nitrogen and oxygen atoms in total. The fraction of sp³-hybridized carbons (Fsp3) is 0.0933. The van der Waals surface area contributed by atoms with E-state index >= 15 is 0 Å². The standard InChI is InChI=1S/C75H54N2/c1-73(2)61-35-19-15-27-51(61)55-41-39-49(43-65(55)73)76(47-23-7-5-8-24-47)69-45-67-71(59-33-13-11-31-57(59)69)72-60-34-14-12-32-58(60)70(46-68(72)75(67)63-37-21-17-29-53(63)54-30-18-22-38-64(54)75)77(48-25-9-6-10-26-48)50-40-42-56-52-28-16-20-36-62(52)74(3,4)66(56)44-50/h5-46H,1-4H3. The van der Waals surface area contributed by atoms with Crippen molar-refractivity contribution in [2.24, 2.45) is 0 Å². The molecule has 0 saturated carbocycles. The minimum Gasteiger partial charge on any atom is -0.310 e. The molecule has 364 valence electrons. The predicted octanol–water partition coefficient (Wildman–Crippen LogP) is 19.9. The SMILES string of the molecule is CC1(C)c2ccccc2-c2ccc(N(c3ccccc3)c3cc4c(c5ccccc35)-c3c(cc(N(c5ccccc5)c5ccc6c(c5)C(C)(C)c5ccccc5-6)c5ccccc35)C43c4ccccc4-c4ccccc43)cc21. The number of hydrogen-bond acceptors (Lipinski definition) is 2. The summed E-state index contributed by atoms with van der Waals surface area (Å²) in [7, 11) is 0. The quantitative estimate of drug-likeness (QED) is 0.164. The number of nitrogens with zero attached hydrogens (tertiary/aromatic N) is 2. The lowest BCUT2D eigenvalue weighted by Gasteiger charge is -2.34. The van der Waals surface area contributed by atoms with Gasteiger partial charge in [-0.25, -0.2) is 0 Å². The van der Waals surface area contributed by atoms with Crippen molar-refractivity contribution < 1.29 is 0 Å². The molecule has 0 aliphatic heterocycles. The van der Waals surface area contributed by atoms with Gasteiger partial charge in [-0.2, -0.15) is 0 Å². The lowest BCUT2D eigenvalue weighted by molar-refractivity contribution is 0.660. The van der Waals surface area contributed by atoms with Crippen LogP contribution in [0.2, 0.25) is 0 Å². The first-order valence-electron chi connectivity index (χ1n) is 27.3. The maximum Gasteiger partial charge on any atom is 0.0727 e. The summed E-state index contributed by atoms with van der Waals surface area (Å²) in [5.41, 5.74) is 27.0. The van der Waals surface area contributed by atoms with E-state index in [0.717, 1.165) is 34.1 Å². The monoisotopic (exact) mass is 982 g/mol. The van der Waals surface area contributed by atoms with Crippen molar-refractivity contribution in [2.45, 2.75) is 43.9 Å². The molecule has 0 radical (unpaired) electrons. The molecule has 12 aromatic carbocycles. The van der Waals surface area contributed by atoms with Crippen molar-refractivity contribution in [2.75, 3.05) is 9.80 Å². The third-order valence-corrected chi connectivity index (χ3v) is 18.2. The summed E-state index contributed by atoms with van der Waals surface area (Å²) in [5.74, 6) is 0. The first kappa shape index (κ1) is 44.1. The first-order chi connectivity index (χ1) is 37.7. The maximum atomic E-state index is 2.60. The molecule has 0 heterocycles. The van der Waals surface area contributed by atoms with Gasteiger partial charge in [0.1, 0.15) is 0 Å². The largest absolute Gasteiger partial charge is 0.310 e. The van der Waals surface area contributed by atoms with E-state index < -0.39 is 5.41 Å². The second-order valence-corrected chi connectivity index (χ2v) is 22.7. The van der Waals surface area contributed by atoms with Crippen LogP contribution in [-0.4, -0.2) is 0 Å². The van der Waals surface area contributed by atoms with E-state index in [1.165, 1.54) is 111 Å². The lowest BCUT2D eigenvalue weighted by Crippen LogP contribution is -2.27. The second-order valence-electron chi connectivity index (χ2n) is 22.7. The number of para-hydroxylation sites is 2. The molecule has 0 aromatic heterocycles. The fourth-order valence-corrected chi connectivity index (χ4v) is 14.8. The average molecular weight is 983 g/mol. The van der Waals surface area contributed by atoms with Crippen molar-refractivity contribution in [1.82, 2.24) is 0 Å². The highest BCUT2D eigenvalue weighted by Crippen LogP contribution is 2.67. The molecule has 77 heavy (non-hydrogen) atoms. The predicted molar refractivity (Wildman–Crippen MR) is 322 cm³/mol. The molecular weight excluding hydrogens is 929 g/mol. The smallest absolute Gasteiger partial charge is 0.0727 e. The van der Waals surface area contributed by atoms with Gasteiger partial charge in [-0.05, 0) is 160 Å². The zero-order valence-corrected chi connectivity index (χ0v) is 43.6. The van der Waals surface area contributed by atoms with Crippen molar-refractivity contribution >= 4 is 55.7 Å². The summed E-state index contributed by atoms with van der Waals surface area (Å²) in [6.07, 6.45) is 0. The molecule has 1 spiro atoms. The minimum absolute atomic E-state index is 0.166. The van der Waals surface area contributed by atoms with Crippen LogP contribution in [0.25, 0.3) is 66.1 Å². The Bertz CT molecular complexity index is 4180. The number of rotatable bonds is 6. The molecule has 0 fully saturated rings. The van der Waals surface area contributed by atoms with Crippen molar-refractivity contribution in [1.29, 1.82) is 0 Å². The summed E-state index contributed by atoms with van der Waals surface area (Å²) in [6, 6.07) is 96.6. The number of benzene rings is 12. The van der Waals surface area contributed by atoms with E-state index in [4.69, 9.17) is 0 Å². The van der Waals surface area contributed by atoms with Crippen LogP contribution in [-0.2, 0) is 16.2 Å². The van der Waals surface area contributed by atoms with Gasteiger partial charge >= 0.3 is 0 Å². The van der Waals surface area contributed by atoms with Crippen LogP contribution in [0.15, 0.2) is 255 Å². The van der Waals surface area contributed by atoms with Crippen LogP contribution in [0.3, 0.4) is 0 Å².